The topological polar surface area (TPSA) is 52.6 Å². The van der Waals surface area contributed by atoms with Crippen molar-refractivity contribution in [2.24, 2.45) is 0 Å². The van der Waals surface area contributed by atoms with Crippen LogP contribution in [0, 0.1) is 0 Å². The number of para-hydroxylation sites is 1. The second-order valence-corrected chi connectivity index (χ2v) is 6.30. The Morgan fingerprint density at radius 3 is 2.63 bits per heavy atom. The summed E-state index contributed by atoms with van der Waals surface area (Å²) in [5, 5.41) is 3.47. The number of nitrogens with one attached hydrogen (secondary N) is 1. The molecule has 3 aromatic rings. The Bertz CT molecular complexity index is 884. The van der Waals surface area contributed by atoms with Gasteiger partial charge in [0, 0.05) is 24.8 Å². The summed E-state index contributed by atoms with van der Waals surface area (Å²) in [6.07, 6.45) is 1.78. The predicted octanol–water partition coefficient (Wildman–Crippen LogP) is 3.72. The van der Waals surface area contributed by atoms with Crippen molar-refractivity contribution in [1.29, 1.82) is 0 Å². The SMILES string of the molecule is c1ccc(COc2ccccc2CNCc2ccc3c(c2)OCCO3)nc1. The molecule has 4 rings (SSSR count). The molecular formula is C22H22N2O3. The number of hydrogen-bond acceptors (Lipinski definition) is 5. The number of hydrogen-bond donors (Lipinski definition) is 1. The van der Waals surface area contributed by atoms with Gasteiger partial charge in [-0.15, -0.1) is 0 Å². The van der Waals surface area contributed by atoms with Gasteiger partial charge in [-0.3, -0.25) is 4.98 Å². The van der Waals surface area contributed by atoms with Crippen molar-refractivity contribution in [3.63, 3.8) is 0 Å². The number of nitrogens with zero attached hydrogens (tertiary/aromatic N) is 1. The van der Waals surface area contributed by atoms with E-state index >= 15 is 0 Å². The highest BCUT2D eigenvalue weighted by atomic mass is 16.6. The van der Waals surface area contributed by atoms with Crippen molar-refractivity contribution in [2.45, 2.75) is 19.7 Å². The van der Waals surface area contributed by atoms with Gasteiger partial charge in [0.25, 0.3) is 0 Å². The monoisotopic (exact) mass is 362 g/mol. The maximum absolute atomic E-state index is 5.96. The molecule has 1 aromatic heterocycles. The highest BCUT2D eigenvalue weighted by molar-refractivity contribution is 5.43. The van der Waals surface area contributed by atoms with Crippen molar-refractivity contribution in [2.75, 3.05) is 13.2 Å². The standard InChI is InChI=1S/C22H22N2O3/c1-2-7-20(27-16-19-6-3-4-10-24-19)18(5-1)15-23-14-17-8-9-21-22(13-17)26-12-11-25-21/h1-10,13,23H,11-12,14-16H2. The lowest BCUT2D eigenvalue weighted by Gasteiger charge is -2.19. The molecule has 0 saturated heterocycles. The molecule has 0 saturated carbocycles. The van der Waals surface area contributed by atoms with Crippen molar-refractivity contribution < 1.29 is 14.2 Å². The van der Waals surface area contributed by atoms with Crippen LogP contribution in [-0.4, -0.2) is 18.2 Å². The number of rotatable bonds is 7. The maximum atomic E-state index is 5.96. The largest absolute Gasteiger partial charge is 0.487 e. The predicted molar refractivity (Wildman–Crippen MR) is 103 cm³/mol. The lowest BCUT2D eigenvalue weighted by atomic mass is 10.1. The minimum Gasteiger partial charge on any atom is -0.487 e. The molecule has 0 fully saturated rings. The van der Waals surface area contributed by atoms with E-state index in [0.29, 0.717) is 26.4 Å². The Kier molecular flexibility index (Phi) is 5.50. The minimum absolute atomic E-state index is 0.458. The molecule has 5 heteroatoms. The summed E-state index contributed by atoms with van der Waals surface area (Å²) in [5.41, 5.74) is 3.19. The lowest BCUT2D eigenvalue weighted by Crippen LogP contribution is -2.17. The Labute approximate surface area is 158 Å². The van der Waals surface area contributed by atoms with Crippen LogP contribution in [0.2, 0.25) is 0 Å². The van der Waals surface area contributed by atoms with Gasteiger partial charge in [0.15, 0.2) is 11.5 Å². The van der Waals surface area contributed by atoms with E-state index in [1.807, 2.05) is 48.5 Å². The molecule has 0 aliphatic carbocycles. The van der Waals surface area contributed by atoms with Crippen LogP contribution < -0.4 is 19.5 Å². The van der Waals surface area contributed by atoms with Crippen molar-refractivity contribution in [3.8, 4) is 17.2 Å². The van der Waals surface area contributed by atoms with Crippen LogP contribution in [0.3, 0.4) is 0 Å². The molecule has 0 bridgehead atoms. The number of aromatic nitrogens is 1. The third-order valence-electron chi connectivity index (χ3n) is 4.33. The second-order valence-electron chi connectivity index (χ2n) is 6.30. The van der Waals surface area contributed by atoms with Gasteiger partial charge >= 0.3 is 0 Å². The zero-order valence-corrected chi connectivity index (χ0v) is 15.1. The van der Waals surface area contributed by atoms with Crippen LogP contribution in [-0.2, 0) is 19.7 Å². The summed E-state index contributed by atoms with van der Waals surface area (Å²) in [6, 6.07) is 20.0. The van der Waals surface area contributed by atoms with Crippen LogP contribution in [0.25, 0.3) is 0 Å². The van der Waals surface area contributed by atoms with Gasteiger partial charge in [-0.1, -0.05) is 30.3 Å². The summed E-state index contributed by atoms with van der Waals surface area (Å²) in [7, 11) is 0. The van der Waals surface area contributed by atoms with Gasteiger partial charge in [-0.25, -0.2) is 0 Å². The normalized spacial score (nSPS) is 12.6. The van der Waals surface area contributed by atoms with E-state index in [9.17, 15) is 0 Å². The number of ether oxygens (including phenoxy) is 3. The second kappa shape index (κ2) is 8.56. The van der Waals surface area contributed by atoms with E-state index in [0.717, 1.165) is 40.6 Å². The average Bonchev–Trinajstić information content (AvgIpc) is 2.74. The Morgan fingerprint density at radius 2 is 1.74 bits per heavy atom. The highest BCUT2D eigenvalue weighted by Crippen LogP contribution is 2.30. The summed E-state index contributed by atoms with van der Waals surface area (Å²) < 4.78 is 17.2. The first-order chi connectivity index (χ1) is 13.4. The van der Waals surface area contributed by atoms with Gasteiger partial charge in [-0.2, -0.15) is 0 Å². The van der Waals surface area contributed by atoms with E-state index < -0.39 is 0 Å². The summed E-state index contributed by atoms with van der Waals surface area (Å²) in [4.78, 5) is 4.30. The first-order valence-corrected chi connectivity index (χ1v) is 9.08. The van der Waals surface area contributed by atoms with Gasteiger partial charge in [0.1, 0.15) is 25.6 Å². The molecule has 0 unspecified atom stereocenters. The third-order valence-corrected chi connectivity index (χ3v) is 4.33. The average molecular weight is 362 g/mol. The molecular weight excluding hydrogens is 340 g/mol. The number of fused-ring (bicyclic) bond motifs is 1. The van der Waals surface area contributed by atoms with Gasteiger partial charge < -0.3 is 19.5 Å². The quantitative estimate of drug-likeness (QED) is 0.694. The van der Waals surface area contributed by atoms with Crippen LogP contribution >= 0.6 is 0 Å². The fraction of sp³-hybridized carbons (Fsp3) is 0.227. The van der Waals surface area contributed by atoms with Gasteiger partial charge in [-0.05, 0) is 35.9 Å². The van der Waals surface area contributed by atoms with E-state index in [1.165, 1.54) is 0 Å². The molecule has 27 heavy (non-hydrogen) atoms. The number of benzene rings is 2. The van der Waals surface area contributed by atoms with E-state index in [2.05, 4.69) is 22.4 Å². The van der Waals surface area contributed by atoms with Crippen LogP contribution in [0.5, 0.6) is 17.2 Å². The van der Waals surface area contributed by atoms with Crippen LogP contribution in [0.15, 0.2) is 66.9 Å². The first kappa shape index (κ1) is 17.4. The molecule has 5 nitrogen and oxygen atoms in total. The molecule has 0 radical (unpaired) electrons. The lowest BCUT2D eigenvalue weighted by molar-refractivity contribution is 0.171. The van der Waals surface area contributed by atoms with Crippen molar-refractivity contribution >= 4 is 0 Å². The molecule has 138 valence electrons. The Morgan fingerprint density at radius 1 is 0.889 bits per heavy atom. The van der Waals surface area contributed by atoms with Crippen LogP contribution in [0.4, 0.5) is 0 Å². The fourth-order valence-corrected chi connectivity index (χ4v) is 2.97. The van der Waals surface area contributed by atoms with E-state index in [1.54, 1.807) is 6.20 Å². The minimum atomic E-state index is 0.458. The van der Waals surface area contributed by atoms with Crippen molar-refractivity contribution in [1.82, 2.24) is 10.3 Å². The molecule has 1 aliphatic heterocycles. The summed E-state index contributed by atoms with van der Waals surface area (Å²) in [5.74, 6) is 2.51. The molecule has 0 atom stereocenters. The molecule has 1 N–H and O–H groups in total. The van der Waals surface area contributed by atoms with E-state index in [-0.39, 0.29) is 0 Å². The fourth-order valence-electron chi connectivity index (χ4n) is 2.97. The Balaban J connectivity index is 1.34. The zero-order valence-electron chi connectivity index (χ0n) is 15.1. The molecule has 0 amide bonds. The van der Waals surface area contributed by atoms with Crippen molar-refractivity contribution in [3.05, 3.63) is 83.7 Å². The van der Waals surface area contributed by atoms with Gasteiger partial charge in [0.2, 0.25) is 0 Å². The molecule has 2 aromatic carbocycles. The highest BCUT2D eigenvalue weighted by Gasteiger charge is 2.11. The van der Waals surface area contributed by atoms with Gasteiger partial charge in [0.05, 0.1) is 5.69 Å². The Hall–Kier alpha value is -3.05. The molecule has 0 spiro atoms. The molecule has 2 heterocycles. The van der Waals surface area contributed by atoms with E-state index in [4.69, 9.17) is 14.2 Å². The summed E-state index contributed by atoms with van der Waals surface area (Å²) >= 11 is 0. The molecule has 1 aliphatic rings. The first-order valence-electron chi connectivity index (χ1n) is 9.08. The number of pyridine rings is 1. The zero-order chi connectivity index (χ0) is 18.3. The maximum Gasteiger partial charge on any atom is 0.161 e. The smallest absolute Gasteiger partial charge is 0.161 e. The third kappa shape index (κ3) is 4.57. The van der Waals surface area contributed by atoms with Crippen LogP contribution in [0.1, 0.15) is 16.8 Å². The summed E-state index contributed by atoms with van der Waals surface area (Å²) in [6.45, 7) is 3.13.